The van der Waals surface area contributed by atoms with Crippen molar-refractivity contribution in [1.82, 2.24) is 19.8 Å². The molecule has 1 N–H and O–H groups in total. The maximum absolute atomic E-state index is 12.9. The number of nitrogens with zero attached hydrogens (tertiary/aromatic N) is 3. The fourth-order valence-electron chi connectivity index (χ4n) is 3.61. The topological polar surface area (TPSA) is 69.3 Å². The summed E-state index contributed by atoms with van der Waals surface area (Å²) in [5, 5.41) is 1.90. The number of piperidine rings is 1. The molecule has 0 unspecified atom stereocenters. The van der Waals surface area contributed by atoms with Gasteiger partial charge in [-0.25, -0.2) is 4.98 Å². The van der Waals surface area contributed by atoms with Gasteiger partial charge >= 0.3 is 0 Å². The van der Waals surface area contributed by atoms with Crippen LogP contribution in [-0.2, 0) is 11.3 Å². The van der Waals surface area contributed by atoms with Crippen LogP contribution in [-0.4, -0.2) is 51.7 Å². The highest BCUT2D eigenvalue weighted by Gasteiger charge is 2.31. The van der Waals surface area contributed by atoms with E-state index in [1.807, 2.05) is 46.7 Å². The van der Waals surface area contributed by atoms with Crippen molar-refractivity contribution in [2.75, 3.05) is 20.1 Å². The standard InChI is InChI=1S/C20H22N4O2S/c1-23(13-18-21-15-7-2-3-8-16(15)22-18)19(25)14-6-4-10-24(12-14)20(26)17-9-5-11-27-17/h2-3,5,7-9,11,14H,4,6,10,12-13H2,1H3,(H,21,22)/t14-/m1/s1. The molecule has 3 aromatic rings. The molecule has 0 bridgehead atoms. The number of likely N-dealkylation sites (tertiary alicyclic amines) is 1. The summed E-state index contributed by atoms with van der Waals surface area (Å²) < 4.78 is 0. The van der Waals surface area contributed by atoms with E-state index in [1.165, 1.54) is 11.3 Å². The van der Waals surface area contributed by atoms with E-state index >= 15 is 0 Å². The van der Waals surface area contributed by atoms with Crippen molar-refractivity contribution in [2.45, 2.75) is 19.4 Å². The summed E-state index contributed by atoms with van der Waals surface area (Å²) in [7, 11) is 1.80. The number of amides is 2. The van der Waals surface area contributed by atoms with Crippen LogP contribution < -0.4 is 0 Å². The average molecular weight is 382 g/mol. The van der Waals surface area contributed by atoms with Gasteiger partial charge in [0, 0.05) is 20.1 Å². The molecular weight excluding hydrogens is 360 g/mol. The first-order chi connectivity index (χ1) is 13.1. The number of hydrogen-bond acceptors (Lipinski definition) is 4. The highest BCUT2D eigenvalue weighted by Crippen LogP contribution is 2.22. The molecule has 7 heteroatoms. The maximum Gasteiger partial charge on any atom is 0.263 e. The summed E-state index contributed by atoms with van der Waals surface area (Å²) in [5.74, 6) is 0.716. The molecule has 1 aliphatic heterocycles. The van der Waals surface area contributed by atoms with Gasteiger partial charge in [0.15, 0.2) is 0 Å². The molecule has 0 saturated carbocycles. The molecule has 27 heavy (non-hydrogen) atoms. The van der Waals surface area contributed by atoms with Gasteiger partial charge < -0.3 is 14.8 Å². The summed E-state index contributed by atoms with van der Waals surface area (Å²) in [4.78, 5) is 37.6. The van der Waals surface area contributed by atoms with Gasteiger partial charge in [0.05, 0.1) is 28.4 Å². The molecule has 0 spiro atoms. The number of fused-ring (bicyclic) bond motifs is 1. The zero-order valence-electron chi connectivity index (χ0n) is 15.2. The second kappa shape index (κ2) is 7.52. The van der Waals surface area contributed by atoms with Crippen LogP contribution in [0, 0.1) is 5.92 Å². The van der Waals surface area contributed by atoms with Crippen LogP contribution in [0.2, 0.25) is 0 Å². The Balaban J connectivity index is 1.41. The largest absolute Gasteiger partial charge is 0.340 e. The lowest BCUT2D eigenvalue weighted by Crippen LogP contribution is -2.45. The van der Waals surface area contributed by atoms with Crippen molar-refractivity contribution in [3.05, 3.63) is 52.5 Å². The van der Waals surface area contributed by atoms with Crippen LogP contribution in [0.1, 0.15) is 28.3 Å². The van der Waals surface area contributed by atoms with Crippen LogP contribution in [0.15, 0.2) is 41.8 Å². The number of benzene rings is 1. The lowest BCUT2D eigenvalue weighted by molar-refractivity contribution is -0.136. The molecular formula is C20H22N4O2S. The van der Waals surface area contributed by atoms with Crippen molar-refractivity contribution < 1.29 is 9.59 Å². The minimum absolute atomic E-state index is 0.0300. The van der Waals surface area contributed by atoms with Crippen molar-refractivity contribution >= 4 is 34.2 Å². The molecule has 1 atom stereocenters. The van der Waals surface area contributed by atoms with Crippen LogP contribution in [0.5, 0.6) is 0 Å². The molecule has 1 saturated heterocycles. The Labute approximate surface area is 161 Å². The zero-order valence-corrected chi connectivity index (χ0v) is 16.0. The number of carbonyl (C=O) groups is 2. The number of thiophene rings is 1. The smallest absolute Gasteiger partial charge is 0.263 e. The van der Waals surface area contributed by atoms with Gasteiger partial charge in [-0.1, -0.05) is 18.2 Å². The zero-order chi connectivity index (χ0) is 18.8. The number of aromatic nitrogens is 2. The van der Waals surface area contributed by atoms with Gasteiger partial charge in [0.2, 0.25) is 5.91 Å². The minimum atomic E-state index is -0.156. The van der Waals surface area contributed by atoms with E-state index in [2.05, 4.69) is 9.97 Å². The Morgan fingerprint density at radius 1 is 1.30 bits per heavy atom. The minimum Gasteiger partial charge on any atom is -0.340 e. The SMILES string of the molecule is CN(Cc1nc2ccccc2[nH]1)C(=O)[C@@H]1CCCN(C(=O)c2cccs2)C1. The fraction of sp³-hybridized carbons (Fsp3) is 0.350. The monoisotopic (exact) mass is 382 g/mol. The van der Waals surface area contributed by atoms with Crippen molar-refractivity contribution in [2.24, 2.45) is 5.92 Å². The fourth-order valence-corrected chi connectivity index (χ4v) is 4.30. The molecule has 140 valence electrons. The third-order valence-corrected chi connectivity index (χ3v) is 5.85. The van der Waals surface area contributed by atoms with Gasteiger partial charge in [-0.05, 0) is 36.4 Å². The summed E-state index contributed by atoms with van der Waals surface area (Å²) in [6.07, 6.45) is 1.67. The van der Waals surface area contributed by atoms with E-state index in [1.54, 1.807) is 11.9 Å². The van der Waals surface area contributed by atoms with Crippen molar-refractivity contribution in [3.63, 3.8) is 0 Å². The van der Waals surface area contributed by atoms with Gasteiger partial charge in [-0.2, -0.15) is 0 Å². The lowest BCUT2D eigenvalue weighted by atomic mass is 9.96. The molecule has 1 fully saturated rings. The highest BCUT2D eigenvalue weighted by molar-refractivity contribution is 7.12. The number of nitrogens with one attached hydrogen (secondary N) is 1. The summed E-state index contributed by atoms with van der Waals surface area (Å²) in [6, 6.07) is 11.6. The Kier molecular flexibility index (Phi) is 4.94. The number of para-hydroxylation sites is 2. The number of imidazole rings is 1. The van der Waals surface area contributed by atoms with Crippen LogP contribution >= 0.6 is 11.3 Å². The molecule has 3 heterocycles. The molecule has 2 amide bonds. The third-order valence-electron chi connectivity index (χ3n) is 4.99. The second-order valence-corrected chi connectivity index (χ2v) is 7.91. The van der Waals surface area contributed by atoms with Crippen LogP contribution in [0.25, 0.3) is 11.0 Å². The van der Waals surface area contributed by atoms with Crippen LogP contribution in [0.3, 0.4) is 0 Å². The average Bonchev–Trinajstić information content (AvgIpc) is 3.36. The summed E-state index contributed by atoms with van der Waals surface area (Å²) >= 11 is 1.45. The number of H-pyrrole nitrogens is 1. The van der Waals surface area contributed by atoms with Gasteiger partial charge in [-0.3, -0.25) is 9.59 Å². The van der Waals surface area contributed by atoms with E-state index < -0.39 is 0 Å². The molecule has 4 rings (SSSR count). The first kappa shape index (κ1) is 17.7. The Hall–Kier alpha value is -2.67. The van der Waals surface area contributed by atoms with E-state index in [9.17, 15) is 9.59 Å². The molecule has 0 aliphatic carbocycles. The van der Waals surface area contributed by atoms with E-state index in [4.69, 9.17) is 0 Å². The highest BCUT2D eigenvalue weighted by atomic mass is 32.1. The molecule has 0 radical (unpaired) electrons. The van der Waals surface area contributed by atoms with Gasteiger partial charge in [0.1, 0.15) is 5.82 Å². The second-order valence-electron chi connectivity index (χ2n) is 6.96. The number of hydrogen-bond donors (Lipinski definition) is 1. The Bertz CT molecular complexity index is 917. The maximum atomic E-state index is 12.9. The third kappa shape index (κ3) is 3.73. The first-order valence-corrected chi connectivity index (χ1v) is 10.0. The predicted molar refractivity (Wildman–Crippen MR) is 106 cm³/mol. The van der Waals surface area contributed by atoms with E-state index in [0.29, 0.717) is 19.6 Å². The Morgan fingerprint density at radius 3 is 2.93 bits per heavy atom. The molecule has 1 aromatic carbocycles. The van der Waals surface area contributed by atoms with E-state index in [0.717, 1.165) is 34.6 Å². The van der Waals surface area contributed by atoms with Crippen molar-refractivity contribution in [1.29, 1.82) is 0 Å². The summed E-state index contributed by atoms with van der Waals surface area (Å²) in [5.41, 5.74) is 1.87. The predicted octanol–water partition coefficient (Wildman–Crippen LogP) is 3.14. The van der Waals surface area contributed by atoms with Crippen molar-refractivity contribution in [3.8, 4) is 0 Å². The number of rotatable bonds is 4. The lowest BCUT2D eigenvalue weighted by Gasteiger charge is -2.33. The van der Waals surface area contributed by atoms with E-state index in [-0.39, 0.29) is 17.7 Å². The van der Waals surface area contributed by atoms with Crippen LogP contribution in [0.4, 0.5) is 0 Å². The molecule has 6 nitrogen and oxygen atoms in total. The number of carbonyl (C=O) groups excluding carboxylic acids is 2. The Morgan fingerprint density at radius 2 is 2.15 bits per heavy atom. The quantitative estimate of drug-likeness (QED) is 0.754. The number of aromatic amines is 1. The molecule has 1 aliphatic rings. The normalized spacial score (nSPS) is 17.2. The van der Waals surface area contributed by atoms with Gasteiger partial charge in [0.25, 0.3) is 5.91 Å². The first-order valence-electron chi connectivity index (χ1n) is 9.13. The molecule has 2 aromatic heterocycles. The summed E-state index contributed by atoms with van der Waals surface area (Å²) in [6.45, 7) is 1.64. The van der Waals surface area contributed by atoms with Gasteiger partial charge in [-0.15, -0.1) is 11.3 Å².